The minimum Gasteiger partial charge on any atom is -0.493 e. The third-order valence-corrected chi connectivity index (χ3v) is 6.24. The second-order valence-corrected chi connectivity index (χ2v) is 8.89. The number of ether oxygens (including phenoxy) is 2. The molecule has 31 heavy (non-hydrogen) atoms. The molecule has 0 bridgehead atoms. The molecule has 0 spiro atoms. The van der Waals surface area contributed by atoms with Gasteiger partial charge in [-0.3, -0.25) is 4.79 Å². The predicted molar refractivity (Wildman–Crippen MR) is 110 cm³/mol. The molecule has 10 heteroatoms. The van der Waals surface area contributed by atoms with Crippen molar-refractivity contribution in [2.75, 3.05) is 7.11 Å². The Labute approximate surface area is 179 Å². The quantitative estimate of drug-likeness (QED) is 0.545. The normalized spacial score (nSPS) is 13.8. The van der Waals surface area contributed by atoms with Gasteiger partial charge in [-0.2, -0.15) is 8.78 Å². The van der Waals surface area contributed by atoms with Gasteiger partial charge in [0.15, 0.2) is 11.5 Å². The zero-order valence-corrected chi connectivity index (χ0v) is 17.8. The highest BCUT2D eigenvalue weighted by Crippen LogP contribution is 2.29. The summed E-state index contributed by atoms with van der Waals surface area (Å²) in [7, 11) is -2.15. The third-order valence-electron chi connectivity index (χ3n) is 4.71. The summed E-state index contributed by atoms with van der Waals surface area (Å²) in [5.74, 6) is -0.123. The van der Waals surface area contributed by atoms with Gasteiger partial charge in [-0.1, -0.05) is 18.2 Å². The van der Waals surface area contributed by atoms with E-state index in [0.29, 0.717) is 12.0 Å². The first-order valence-corrected chi connectivity index (χ1v) is 11.2. The highest BCUT2D eigenvalue weighted by molar-refractivity contribution is 7.89. The molecule has 1 fully saturated rings. The van der Waals surface area contributed by atoms with Crippen molar-refractivity contribution >= 4 is 15.9 Å². The van der Waals surface area contributed by atoms with E-state index >= 15 is 0 Å². The Morgan fingerprint density at radius 1 is 1.10 bits per heavy atom. The number of carbonyl (C=O) groups excluding carboxylic acids is 1. The Hall–Kier alpha value is -2.72. The number of benzene rings is 2. The van der Waals surface area contributed by atoms with Crippen LogP contribution in [0.15, 0.2) is 47.4 Å². The molecule has 168 valence electrons. The molecule has 0 heterocycles. The fourth-order valence-corrected chi connectivity index (χ4v) is 4.19. The maximum absolute atomic E-state index is 12.4. The lowest BCUT2D eigenvalue weighted by Crippen LogP contribution is -2.25. The van der Waals surface area contributed by atoms with Gasteiger partial charge in [0, 0.05) is 19.0 Å². The summed E-state index contributed by atoms with van der Waals surface area (Å²) in [4.78, 5) is 12.3. The van der Waals surface area contributed by atoms with Crippen molar-refractivity contribution in [1.29, 1.82) is 0 Å². The second kappa shape index (κ2) is 10.1. The topological polar surface area (TPSA) is 93.7 Å². The smallest absolute Gasteiger partial charge is 0.387 e. The van der Waals surface area contributed by atoms with E-state index in [-0.39, 0.29) is 41.3 Å². The number of alkyl halides is 2. The van der Waals surface area contributed by atoms with Crippen LogP contribution in [-0.2, 0) is 27.8 Å². The lowest BCUT2D eigenvalue weighted by atomic mass is 10.1. The van der Waals surface area contributed by atoms with Gasteiger partial charge in [0.25, 0.3) is 0 Å². The van der Waals surface area contributed by atoms with E-state index < -0.39 is 16.6 Å². The fourth-order valence-electron chi connectivity index (χ4n) is 2.89. The van der Waals surface area contributed by atoms with Crippen molar-refractivity contribution < 1.29 is 31.5 Å². The van der Waals surface area contributed by atoms with Gasteiger partial charge in [0.1, 0.15) is 0 Å². The maximum atomic E-state index is 12.4. The number of aryl methyl sites for hydroxylation is 1. The number of carbonyl (C=O) groups is 1. The van der Waals surface area contributed by atoms with E-state index in [9.17, 15) is 22.0 Å². The van der Waals surface area contributed by atoms with Gasteiger partial charge in [-0.25, -0.2) is 13.1 Å². The molecule has 0 aliphatic heterocycles. The van der Waals surface area contributed by atoms with E-state index in [2.05, 4.69) is 14.8 Å². The predicted octanol–water partition coefficient (Wildman–Crippen LogP) is 2.99. The van der Waals surface area contributed by atoms with Crippen LogP contribution in [0.2, 0.25) is 0 Å². The molecule has 3 rings (SSSR count). The summed E-state index contributed by atoms with van der Waals surface area (Å²) < 4.78 is 61.1. The minimum absolute atomic E-state index is 0.0429. The SMILES string of the molecule is COc1cc(CNC(=O)CCc2ccc(S(=O)(=O)NC3CC3)cc2)ccc1OC(F)F. The van der Waals surface area contributed by atoms with Gasteiger partial charge in [0.05, 0.1) is 12.0 Å². The molecule has 0 radical (unpaired) electrons. The van der Waals surface area contributed by atoms with Crippen LogP contribution < -0.4 is 19.5 Å². The molecule has 2 aromatic carbocycles. The molecule has 1 amide bonds. The van der Waals surface area contributed by atoms with Gasteiger partial charge in [-0.05, 0) is 54.7 Å². The first-order valence-electron chi connectivity index (χ1n) is 9.76. The van der Waals surface area contributed by atoms with E-state index in [1.807, 2.05) is 0 Å². The summed E-state index contributed by atoms with van der Waals surface area (Å²) in [5.41, 5.74) is 1.51. The molecule has 2 aromatic rings. The molecule has 0 atom stereocenters. The number of rotatable bonds is 11. The molecule has 0 unspecified atom stereocenters. The Balaban J connectivity index is 1.48. The van der Waals surface area contributed by atoms with Gasteiger partial charge in [0.2, 0.25) is 15.9 Å². The largest absolute Gasteiger partial charge is 0.493 e. The average Bonchev–Trinajstić information content (AvgIpc) is 3.54. The zero-order valence-electron chi connectivity index (χ0n) is 16.9. The summed E-state index contributed by atoms with van der Waals surface area (Å²) in [6.07, 6.45) is 2.41. The summed E-state index contributed by atoms with van der Waals surface area (Å²) in [6.45, 7) is -2.75. The van der Waals surface area contributed by atoms with Crippen molar-refractivity contribution in [2.45, 2.75) is 49.8 Å². The zero-order chi connectivity index (χ0) is 22.4. The first kappa shape index (κ1) is 23.0. The number of hydrogen-bond acceptors (Lipinski definition) is 5. The van der Waals surface area contributed by atoms with E-state index in [1.165, 1.54) is 31.4 Å². The van der Waals surface area contributed by atoms with Crippen LogP contribution in [-0.4, -0.2) is 34.1 Å². The second-order valence-electron chi connectivity index (χ2n) is 7.18. The summed E-state index contributed by atoms with van der Waals surface area (Å²) >= 11 is 0. The maximum Gasteiger partial charge on any atom is 0.387 e. The number of amides is 1. The van der Waals surface area contributed by atoms with Crippen LogP contribution in [0, 0.1) is 0 Å². The molecule has 7 nitrogen and oxygen atoms in total. The monoisotopic (exact) mass is 454 g/mol. The first-order chi connectivity index (χ1) is 14.8. The highest BCUT2D eigenvalue weighted by Gasteiger charge is 2.27. The van der Waals surface area contributed by atoms with Crippen molar-refractivity contribution in [3.8, 4) is 11.5 Å². The summed E-state index contributed by atoms with van der Waals surface area (Å²) in [6, 6.07) is 11.0. The standard InChI is InChI=1S/C21H24F2N2O5S/c1-29-19-12-15(4-10-18(19)30-21(22)23)13-24-20(26)11-5-14-2-8-17(9-3-14)31(27,28)25-16-6-7-16/h2-4,8-10,12,16,21,25H,5-7,11,13H2,1H3,(H,24,26). The van der Waals surface area contributed by atoms with Crippen LogP contribution in [0.1, 0.15) is 30.4 Å². The lowest BCUT2D eigenvalue weighted by Gasteiger charge is -2.12. The van der Waals surface area contributed by atoms with E-state index in [4.69, 9.17) is 4.74 Å². The Bertz CT molecular complexity index is 1010. The molecule has 1 aliphatic carbocycles. The van der Waals surface area contributed by atoms with Crippen molar-refractivity contribution in [3.05, 3.63) is 53.6 Å². The van der Waals surface area contributed by atoms with Crippen LogP contribution in [0.5, 0.6) is 11.5 Å². The van der Waals surface area contributed by atoms with Crippen molar-refractivity contribution in [2.24, 2.45) is 0 Å². The van der Waals surface area contributed by atoms with Crippen LogP contribution in [0.25, 0.3) is 0 Å². The van der Waals surface area contributed by atoms with Crippen molar-refractivity contribution in [3.63, 3.8) is 0 Å². The Morgan fingerprint density at radius 2 is 1.77 bits per heavy atom. The van der Waals surface area contributed by atoms with Crippen LogP contribution in [0.4, 0.5) is 8.78 Å². The van der Waals surface area contributed by atoms with Gasteiger partial charge in [-0.15, -0.1) is 0 Å². The molecule has 0 saturated heterocycles. The molecule has 1 aliphatic rings. The molecule has 1 saturated carbocycles. The number of methoxy groups -OCH3 is 1. The number of halogens is 2. The number of sulfonamides is 1. The molecule has 2 N–H and O–H groups in total. The minimum atomic E-state index is -3.49. The van der Waals surface area contributed by atoms with Crippen LogP contribution in [0.3, 0.4) is 0 Å². The fraction of sp³-hybridized carbons (Fsp3) is 0.381. The van der Waals surface area contributed by atoms with Gasteiger partial charge < -0.3 is 14.8 Å². The molecular formula is C21H24F2N2O5S. The summed E-state index contributed by atoms with van der Waals surface area (Å²) in [5, 5.41) is 2.76. The Morgan fingerprint density at radius 3 is 2.39 bits per heavy atom. The Kier molecular flexibility index (Phi) is 7.45. The van der Waals surface area contributed by atoms with E-state index in [0.717, 1.165) is 18.4 Å². The van der Waals surface area contributed by atoms with E-state index in [1.54, 1.807) is 18.2 Å². The number of nitrogens with one attached hydrogen (secondary N) is 2. The number of hydrogen-bond donors (Lipinski definition) is 2. The third kappa shape index (κ3) is 6.90. The molecular weight excluding hydrogens is 430 g/mol. The highest BCUT2D eigenvalue weighted by atomic mass is 32.2. The molecule has 0 aromatic heterocycles. The average molecular weight is 454 g/mol. The van der Waals surface area contributed by atoms with Gasteiger partial charge >= 0.3 is 6.61 Å². The van der Waals surface area contributed by atoms with Crippen LogP contribution >= 0.6 is 0 Å². The van der Waals surface area contributed by atoms with Crippen molar-refractivity contribution in [1.82, 2.24) is 10.0 Å². The lowest BCUT2D eigenvalue weighted by molar-refractivity contribution is -0.121.